The number of hydrogen-bond acceptors (Lipinski definition) is 11. The number of carbonyl (C=O) groups is 5. The third kappa shape index (κ3) is 8.94. The lowest BCUT2D eigenvalue weighted by Gasteiger charge is -2.33. The molecule has 7 rings (SSSR count). The van der Waals surface area contributed by atoms with Crippen molar-refractivity contribution in [3.05, 3.63) is 46.4 Å². The molecule has 5 aliphatic rings. The molecule has 15 nitrogen and oxygen atoms in total. The molecule has 4 heterocycles. The number of likely N-dealkylation sites (tertiary alicyclic amines) is 1. The number of nitrogens with one attached hydrogen (secondary N) is 3. The van der Waals surface area contributed by atoms with Gasteiger partial charge in [-0.25, -0.2) is 18.2 Å². The molecule has 57 heavy (non-hydrogen) atoms. The highest BCUT2D eigenvalue weighted by atomic mass is 35.5. The Morgan fingerprint density at radius 2 is 1.88 bits per heavy atom. The molecule has 0 bridgehead atoms. The Morgan fingerprint density at radius 1 is 1.11 bits per heavy atom. The average Bonchev–Trinajstić information content (AvgIpc) is 3.97. The molecule has 0 unspecified atom stereocenters. The second-order valence-corrected chi connectivity index (χ2v) is 20.3. The van der Waals surface area contributed by atoms with Gasteiger partial charge in [-0.1, -0.05) is 57.4 Å². The van der Waals surface area contributed by atoms with Gasteiger partial charge in [-0.2, -0.15) is 0 Å². The Bertz CT molecular complexity index is 2080. The maximum absolute atomic E-state index is 14.7. The lowest BCUT2D eigenvalue weighted by Crippen LogP contribution is -2.60. The van der Waals surface area contributed by atoms with Gasteiger partial charge in [0.25, 0.3) is 11.8 Å². The third-order valence-corrected chi connectivity index (χ3v) is 14.4. The number of sulfonamides is 1. The minimum Gasteiger partial charge on any atom is -0.506 e. The van der Waals surface area contributed by atoms with Crippen LogP contribution in [0.2, 0.25) is 5.02 Å². The smallest absolute Gasteiger partial charge is 0.407 e. The lowest BCUT2D eigenvalue weighted by molar-refractivity contribution is -0.142. The molecule has 2 saturated carbocycles. The lowest BCUT2D eigenvalue weighted by atomic mass is 9.93. The highest BCUT2D eigenvalue weighted by Crippen LogP contribution is 2.47. The van der Waals surface area contributed by atoms with Crippen LogP contribution in [0, 0.1) is 23.2 Å². The number of aromatic hydroxyl groups is 1. The fourth-order valence-electron chi connectivity index (χ4n) is 8.01. The summed E-state index contributed by atoms with van der Waals surface area (Å²) < 4.78 is 33.5. The van der Waals surface area contributed by atoms with Gasteiger partial charge in [0.05, 0.1) is 16.9 Å². The number of carbonyl (C=O) groups excluding carboxylic acids is 5. The number of phenolic OH excluding ortho intramolecular Hbond substituents is 1. The Kier molecular flexibility index (Phi) is 11.4. The van der Waals surface area contributed by atoms with Crippen molar-refractivity contribution in [1.29, 1.82) is 0 Å². The molecule has 1 aromatic carbocycles. The number of ether oxygens (including phenoxy) is 1. The second-order valence-electron chi connectivity index (χ2n) is 17.1. The predicted molar refractivity (Wildman–Crippen MR) is 212 cm³/mol. The van der Waals surface area contributed by atoms with Gasteiger partial charge in [0, 0.05) is 48.3 Å². The Morgan fingerprint density at radius 3 is 2.60 bits per heavy atom. The number of nitrogens with zero attached hydrogens (tertiary/aromatic N) is 3. The van der Waals surface area contributed by atoms with E-state index >= 15 is 0 Å². The molecule has 4 N–H and O–H groups in total. The number of fused-ring (bicyclic) bond motifs is 4. The van der Waals surface area contributed by atoms with Gasteiger partial charge in [0.2, 0.25) is 21.8 Å². The molecule has 2 aromatic rings. The summed E-state index contributed by atoms with van der Waals surface area (Å²) in [5, 5.41) is 17.2. The SMILES string of the molecule is CC(C)(C)COC(=O)N[C@H]1CCCCC/C=C\[C@@H]2C[C@]2(C(=O)NS(=O)(=O)C2CC2)NC(=O)[C@@H]2[C@H]3CN(C(=O)c4csc(-c5ccc(O)c(Cl)c5)n4)C[C@H]3CN2C1=O. The van der Waals surface area contributed by atoms with E-state index in [1.807, 2.05) is 32.9 Å². The Hall–Kier alpha value is -4.22. The van der Waals surface area contributed by atoms with E-state index in [0.29, 0.717) is 42.7 Å². The number of halogens is 1. The molecular formula is C39H49ClN6O9S2. The summed E-state index contributed by atoms with van der Waals surface area (Å²) in [5.41, 5.74) is -1.03. The van der Waals surface area contributed by atoms with Crippen LogP contribution in [0.1, 0.15) is 82.6 Å². The number of aromatic nitrogens is 1. The van der Waals surface area contributed by atoms with Crippen LogP contribution >= 0.6 is 22.9 Å². The summed E-state index contributed by atoms with van der Waals surface area (Å²) in [6, 6.07) is 2.52. The summed E-state index contributed by atoms with van der Waals surface area (Å²) in [7, 11) is -3.93. The van der Waals surface area contributed by atoms with E-state index in [1.165, 1.54) is 22.3 Å². The fourth-order valence-corrected chi connectivity index (χ4v) is 10.3. The maximum atomic E-state index is 14.7. The topological polar surface area (TPSA) is 204 Å². The van der Waals surface area contributed by atoms with Crippen molar-refractivity contribution >= 4 is 62.7 Å². The van der Waals surface area contributed by atoms with Crippen molar-refractivity contribution in [2.45, 2.75) is 95.0 Å². The molecule has 0 spiro atoms. The molecule has 1 aromatic heterocycles. The molecular weight excluding hydrogens is 796 g/mol. The monoisotopic (exact) mass is 844 g/mol. The van der Waals surface area contributed by atoms with E-state index in [0.717, 1.165) is 12.8 Å². The first kappa shape index (κ1) is 41.0. The number of benzene rings is 1. The zero-order valence-electron chi connectivity index (χ0n) is 32.2. The van der Waals surface area contributed by atoms with Crippen molar-refractivity contribution in [2.24, 2.45) is 23.2 Å². The highest BCUT2D eigenvalue weighted by Gasteiger charge is 2.63. The Balaban J connectivity index is 1.16. The van der Waals surface area contributed by atoms with Crippen LogP contribution in [0.4, 0.5) is 4.79 Å². The molecule has 6 atom stereocenters. The van der Waals surface area contributed by atoms with Crippen LogP contribution in [0.3, 0.4) is 0 Å². The van der Waals surface area contributed by atoms with E-state index in [2.05, 4.69) is 20.3 Å². The first-order valence-corrected chi connectivity index (χ1v) is 22.3. The van der Waals surface area contributed by atoms with Gasteiger partial charge >= 0.3 is 6.09 Å². The summed E-state index contributed by atoms with van der Waals surface area (Å²) in [4.78, 5) is 77.6. The number of rotatable bonds is 7. The van der Waals surface area contributed by atoms with Crippen molar-refractivity contribution in [1.82, 2.24) is 30.1 Å². The molecule has 3 aliphatic heterocycles. The van der Waals surface area contributed by atoms with Crippen molar-refractivity contribution in [3.63, 3.8) is 0 Å². The van der Waals surface area contributed by atoms with Crippen molar-refractivity contribution in [3.8, 4) is 16.3 Å². The summed E-state index contributed by atoms with van der Waals surface area (Å²) in [6.07, 6.45) is 7.27. The minimum atomic E-state index is -3.93. The zero-order chi connectivity index (χ0) is 40.9. The van der Waals surface area contributed by atoms with Gasteiger partial charge in [0.15, 0.2) is 0 Å². The quantitative estimate of drug-likeness (QED) is 0.293. The highest BCUT2D eigenvalue weighted by molar-refractivity contribution is 7.91. The molecule has 308 valence electrons. The van der Waals surface area contributed by atoms with Crippen molar-refractivity contribution < 1.29 is 42.2 Å². The molecule has 2 aliphatic carbocycles. The minimum absolute atomic E-state index is 0.0761. The average molecular weight is 845 g/mol. The summed E-state index contributed by atoms with van der Waals surface area (Å²) in [5.74, 6) is -3.68. The fraction of sp³-hybridized carbons (Fsp3) is 0.590. The first-order chi connectivity index (χ1) is 27.0. The first-order valence-electron chi connectivity index (χ1n) is 19.5. The summed E-state index contributed by atoms with van der Waals surface area (Å²) >= 11 is 7.35. The number of alkyl carbamates (subject to hydrolysis) is 1. The van der Waals surface area contributed by atoms with Gasteiger partial charge in [-0.3, -0.25) is 23.9 Å². The van der Waals surface area contributed by atoms with Crippen molar-refractivity contribution in [2.75, 3.05) is 26.2 Å². The third-order valence-electron chi connectivity index (χ3n) is 11.3. The van der Waals surface area contributed by atoms with Crippen LogP contribution in [0.15, 0.2) is 35.7 Å². The van der Waals surface area contributed by atoms with E-state index < -0.39 is 68.5 Å². The number of phenols is 1. The van der Waals surface area contributed by atoms with Gasteiger partial charge in [-0.05, 0) is 62.1 Å². The van der Waals surface area contributed by atoms with Crippen LogP contribution < -0.4 is 15.4 Å². The van der Waals surface area contributed by atoms with Crippen LogP contribution in [0.25, 0.3) is 10.6 Å². The number of hydrogen-bond donors (Lipinski definition) is 4. The molecule has 0 radical (unpaired) electrons. The van der Waals surface area contributed by atoms with E-state index in [9.17, 15) is 37.5 Å². The molecule has 2 saturated heterocycles. The van der Waals surface area contributed by atoms with Crippen LogP contribution in [0.5, 0.6) is 5.75 Å². The van der Waals surface area contributed by atoms with E-state index in [4.69, 9.17) is 16.3 Å². The zero-order valence-corrected chi connectivity index (χ0v) is 34.6. The predicted octanol–water partition coefficient (Wildman–Crippen LogP) is 4.21. The van der Waals surface area contributed by atoms with E-state index in [1.54, 1.807) is 22.4 Å². The van der Waals surface area contributed by atoms with Crippen LogP contribution in [-0.2, 0) is 29.1 Å². The van der Waals surface area contributed by atoms with Gasteiger partial charge in [-0.15, -0.1) is 11.3 Å². The van der Waals surface area contributed by atoms with Crippen LogP contribution in [-0.4, -0.2) is 107 Å². The number of amides is 5. The standard InChI is InChI=1S/C39H49ClN6O9S2/c1-38(2,3)21-55-37(52)42-28-10-8-6-4-5-7-9-24-16-39(24,36(51)44-57(53,54)25-12-13-25)43-32(48)31-26-19-45(17-23(26)18-46(31)35(28)50)34(49)29-20-56-33(41-29)22-11-14-30(47)27(40)15-22/h7,9,11,14-15,20,23-26,28,31,47H,4-6,8,10,12-13,16-19,21H2,1-3H3,(H,42,52)(H,43,48)(H,44,51)/b9-7-/t23-,24+,26-,28-,31-,39-/m0/s1. The largest absolute Gasteiger partial charge is 0.506 e. The van der Waals surface area contributed by atoms with Gasteiger partial charge in [0.1, 0.15) is 34.1 Å². The van der Waals surface area contributed by atoms with E-state index in [-0.39, 0.29) is 66.4 Å². The molecule has 4 fully saturated rings. The second kappa shape index (κ2) is 15.9. The Labute approximate surface area is 341 Å². The molecule has 5 amide bonds. The number of thiazole rings is 1. The molecule has 18 heteroatoms. The number of allylic oxidation sites excluding steroid dienone is 1. The summed E-state index contributed by atoms with van der Waals surface area (Å²) in [6.45, 7) is 6.31. The maximum Gasteiger partial charge on any atom is 0.407 e. The normalized spacial score (nSPS) is 28.5. The van der Waals surface area contributed by atoms with Gasteiger partial charge < -0.3 is 30.3 Å².